The Bertz CT molecular complexity index is 535. The van der Waals surface area contributed by atoms with Gasteiger partial charge in [0.2, 0.25) is 11.8 Å². The van der Waals surface area contributed by atoms with Crippen LogP contribution in [-0.4, -0.2) is 36.3 Å². The van der Waals surface area contributed by atoms with Gasteiger partial charge in [-0.1, -0.05) is 11.6 Å². The number of hydrogen-bond acceptors (Lipinski definition) is 4. The maximum Gasteiger partial charge on any atom is 0.238 e. The van der Waals surface area contributed by atoms with Gasteiger partial charge in [-0.25, -0.2) is 0 Å². The number of nitrogen functional groups attached to an aromatic ring is 1. The van der Waals surface area contributed by atoms with E-state index in [0.29, 0.717) is 35.9 Å². The Kier molecular flexibility index (Phi) is 4.46. The van der Waals surface area contributed by atoms with Gasteiger partial charge in [-0.15, -0.1) is 0 Å². The molecule has 0 bridgehead atoms. The summed E-state index contributed by atoms with van der Waals surface area (Å²) in [6.45, 7) is 1.41. The molecule has 0 aromatic heterocycles. The number of carbonyl (C=O) groups is 2. The van der Waals surface area contributed by atoms with Crippen molar-refractivity contribution in [1.82, 2.24) is 4.90 Å². The number of hydrogen-bond donors (Lipinski definition) is 3. The van der Waals surface area contributed by atoms with Crippen LogP contribution in [0.4, 0.5) is 11.4 Å². The van der Waals surface area contributed by atoms with E-state index in [4.69, 9.17) is 23.1 Å². The average molecular weight is 297 g/mol. The van der Waals surface area contributed by atoms with E-state index in [1.165, 1.54) is 0 Å². The van der Waals surface area contributed by atoms with E-state index in [9.17, 15) is 9.59 Å². The maximum atomic E-state index is 11.9. The number of nitrogens with one attached hydrogen (secondary N) is 1. The molecule has 1 fully saturated rings. The monoisotopic (exact) mass is 296 g/mol. The molecule has 1 heterocycles. The fourth-order valence-corrected chi connectivity index (χ4v) is 2.40. The van der Waals surface area contributed by atoms with Gasteiger partial charge in [-0.3, -0.25) is 14.5 Å². The fourth-order valence-electron chi connectivity index (χ4n) is 2.24. The minimum Gasteiger partial charge on any atom is -0.399 e. The number of likely N-dealkylation sites (tertiary alicyclic amines) is 1. The van der Waals surface area contributed by atoms with Gasteiger partial charge < -0.3 is 16.8 Å². The molecule has 0 aliphatic carbocycles. The third-order valence-corrected chi connectivity index (χ3v) is 3.64. The zero-order valence-electron chi connectivity index (χ0n) is 10.9. The van der Waals surface area contributed by atoms with Crippen LogP contribution in [0.25, 0.3) is 0 Å². The zero-order valence-corrected chi connectivity index (χ0v) is 11.7. The predicted molar refractivity (Wildman–Crippen MR) is 78.2 cm³/mol. The van der Waals surface area contributed by atoms with E-state index < -0.39 is 0 Å². The third kappa shape index (κ3) is 3.61. The number of primary amides is 1. The second kappa shape index (κ2) is 6.11. The zero-order chi connectivity index (χ0) is 14.7. The molecule has 2 rings (SSSR count). The molecule has 108 valence electrons. The lowest BCUT2D eigenvalue weighted by molar-refractivity contribution is -0.122. The van der Waals surface area contributed by atoms with Crippen molar-refractivity contribution in [3.05, 3.63) is 23.2 Å². The highest BCUT2D eigenvalue weighted by Crippen LogP contribution is 2.24. The molecule has 5 N–H and O–H groups in total. The lowest BCUT2D eigenvalue weighted by atomic mass is 10.1. The van der Waals surface area contributed by atoms with Gasteiger partial charge in [0.25, 0.3) is 0 Å². The van der Waals surface area contributed by atoms with Crippen molar-refractivity contribution in [1.29, 1.82) is 0 Å². The first-order chi connectivity index (χ1) is 9.45. The largest absolute Gasteiger partial charge is 0.399 e. The van der Waals surface area contributed by atoms with Gasteiger partial charge in [0.15, 0.2) is 0 Å². The summed E-state index contributed by atoms with van der Waals surface area (Å²) in [4.78, 5) is 24.9. The SMILES string of the molecule is NC(=O)C1CCN(CC(=O)Nc2cc(N)ccc2Cl)C1. The maximum absolute atomic E-state index is 11.9. The quantitative estimate of drug-likeness (QED) is 0.711. The molecule has 1 aromatic carbocycles. The van der Waals surface area contributed by atoms with Crippen LogP contribution in [0.2, 0.25) is 5.02 Å². The Labute approximate surface area is 122 Å². The van der Waals surface area contributed by atoms with Crippen molar-refractivity contribution < 1.29 is 9.59 Å². The fraction of sp³-hybridized carbons (Fsp3) is 0.385. The summed E-state index contributed by atoms with van der Waals surface area (Å²) in [7, 11) is 0. The Hall–Kier alpha value is -1.79. The summed E-state index contributed by atoms with van der Waals surface area (Å²) in [5.41, 5.74) is 11.9. The first-order valence-electron chi connectivity index (χ1n) is 6.32. The van der Waals surface area contributed by atoms with E-state index in [-0.39, 0.29) is 24.3 Å². The molecule has 1 aromatic rings. The van der Waals surface area contributed by atoms with E-state index >= 15 is 0 Å². The highest BCUT2D eigenvalue weighted by atomic mass is 35.5. The van der Waals surface area contributed by atoms with Gasteiger partial charge in [0, 0.05) is 12.2 Å². The number of rotatable bonds is 4. The van der Waals surface area contributed by atoms with Crippen LogP contribution < -0.4 is 16.8 Å². The Morgan fingerprint density at radius 3 is 2.85 bits per heavy atom. The summed E-state index contributed by atoms with van der Waals surface area (Å²) in [5.74, 6) is -0.673. The summed E-state index contributed by atoms with van der Waals surface area (Å²) >= 11 is 5.98. The lowest BCUT2D eigenvalue weighted by Gasteiger charge is -2.15. The number of anilines is 2. The minimum absolute atomic E-state index is 0.168. The molecule has 2 amide bonds. The first kappa shape index (κ1) is 14.6. The van der Waals surface area contributed by atoms with E-state index in [0.717, 1.165) is 0 Å². The van der Waals surface area contributed by atoms with Crippen LogP contribution in [0.15, 0.2) is 18.2 Å². The van der Waals surface area contributed by atoms with Crippen LogP contribution >= 0.6 is 11.6 Å². The molecule has 1 aliphatic rings. The molecule has 1 atom stereocenters. The summed E-state index contributed by atoms with van der Waals surface area (Å²) in [5, 5.41) is 3.15. The second-order valence-corrected chi connectivity index (χ2v) is 5.32. The van der Waals surface area contributed by atoms with Crippen LogP contribution in [0.3, 0.4) is 0 Å². The first-order valence-corrected chi connectivity index (χ1v) is 6.70. The smallest absolute Gasteiger partial charge is 0.238 e. The standard InChI is InChI=1S/C13H17ClN4O2/c14-10-2-1-9(15)5-11(10)17-12(19)7-18-4-3-8(6-18)13(16)20/h1-2,5,8H,3-4,6-7,15H2,(H2,16,20)(H,17,19). The van der Waals surface area contributed by atoms with Gasteiger partial charge in [0.05, 0.1) is 23.2 Å². The topological polar surface area (TPSA) is 101 Å². The second-order valence-electron chi connectivity index (χ2n) is 4.91. The number of amides is 2. The summed E-state index contributed by atoms with van der Waals surface area (Å²) in [6, 6.07) is 4.90. The molecule has 6 nitrogen and oxygen atoms in total. The van der Waals surface area contributed by atoms with Crippen molar-refractivity contribution in [2.24, 2.45) is 11.7 Å². The van der Waals surface area contributed by atoms with Crippen LogP contribution in [-0.2, 0) is 9.59 Å². The number of nitrogens with two attached hydrogens (primary N) is 2. The Morgan fingerprint density at radius 1 is 1.45 bits per heavy atom. The lowest BCUT2D eigenvalue weighted by Crippen LogP contribution is -2.33. The molecule has 7 heteroatoms. The molecular weight excluding hydrogens is 280 g/mol. The molecule has 1 saturated heterocycles. The van der Waals surface area contributed by atoms with Gasteiger partial charge in [0.1, 0.15) is 0 Å². The van der Waals surface area contributed by atoms with E-state index in [1.807, 2.05) is 4.90 Å². The van der Waals surface area contributed by atoms with E-state index in [1.54, 1.807) is 18.2 Å². The summed E-state index contributed by atoms with van der Waals surface area (Å²) in [6.07, 6.45) is 0.696. The van der Waals surface area contributed by atoms with Crippen LogP contribution in [0.1, 0.15) is 6.42 Å². The highest BCUT2D eigenvalue weighted by molar-refractivity contribution is 6.33. The molecular formula is C13H17ClN4O2. The number of nitrogens with zero attached hydrogens (tertiary/aromatic N) is 1. The molecule has 20 heavy (non-hydrogen) atoms. The van der Waals surface area contributed by atoms with Crippen molar-refractivity contribution in [3.63, 3.8) is 0 Å². The molecule has 0 radical (unpaired) electrons. The normalized spacial score (nSPS) is 18.9. The van der Waals surface area contributed by atoms with Crippen LogP contribution in [0.5, 0.6) is 0 Å². The molecule has 1 unspecified atom stereocenters. The minimum atomic E-state index is -0.313. The van der Waals surface area contributed by atoms with Gasteiger partial charge in [-0.2, -0.15) is 0 Å². The van der Waals surface area contributed by atoms with Crippen molar-refractivity contribution in [3.8, 4) is 0 Å². The van der Waals surface area contributed by atoms with Crippen LogP contribution in [0, 0.1) is 5.92 Å². The predicted octanol–water partition coefficient (Wildman–Crippen LogP) is 0.668. The third-order valence-electron chi connectivity index (χ3n) is 3.31. The number of halogens is 1. The van der Waals surface area contributed by atoms with Gasteiger partial charge >= 0.3 is 0 Å². The Morgan fingerprint density at radius 2 is 2.20 bits per heavy atom. The highest BCUT2D eigenvalue weighted by Gasteiger charge is 2.27. The molecule has 1 aliphatic heterocycles. The number of benzene rings is 1. The Balaban J connectivity index is 1.90. The van der Waals surface area contributed by atoms with Crippen molar-refractivity contribution in [2.45, 2.75) is 6.42 Å². The number of carbonyl (C=O) groups excluding carboxylic acids is 2. The van der Waals surface area contributed by atoms with E-state index in [2.05, 4.69) is 5.32 Å². The van der Waals surface area contributed by atoms with Crippen molar-refractivity contribution >= 4 is 34.8 Å². The molecule has 0 spiro atoms. The molecule has 0 saturated carbocycles. The summed E-state index contributed by atoms with van der Waals surface area (Å²) < 4.78 is 0. The average Bonchev–Trinajstić information content (AvgIpc) is 2.82. The van der Waals surface area contributed by atoms with Crippen molar-refractivity contribution in [2.75, 3.05) is 30.7 Å². The van der Waals surface area contributed by atoms with Gasteiger partial charge in [-0.05, 0) is 31.2 Å².